The molecule has 1 aliphatic heterocycles. The number of rotatable bonds is 1. The van der Waals surface area contributed by atoms with Crippen LogP contribution in [0.2, 0.25) is 0 Å². The molecule has 1 aliphatic rings. The summed E-state index contributed by atoms with van der Waals surface area (Å²) in [5, 5.41) is 5.87. The summed E-state index contributed by atoms with van der Waals surface area (Å²) in [6.45, 7) is 5.23. The van der Waals surface area contributed by atoms with E-state index in [-0.39, 0.29) is 0 Å². The molecule has 2 heteroatoms. The van der Waals surface area contributed by atoms with Gasteiger partial charge in [-0.05, 0) is 16.8 Å². The maximum Gasteiger partial charge on any atom is 0.0606 e. The van der Waals surface area contributed by atoms with E-state index >= 15 is 0 Å². The smallest absolute Gasteiger partial charge is 0.0606 e. The average Bonchev–Trinajstić information content (AvgIpc) is 2.49. The molecule has 0 aliphatic carbocycles. The molecule has 0 amide bonds. The summed E-state index contributed by atoms with van der Waals surface area (Å²) in [7, 11) is 0. The Labute approximate surface area is 114 Å². The van der Waals surface area contributed by atoms with Crippen molar-refractivity contribution >= 4 is 10.8 Å². The van der Waals surface area contributed by atoms with E-state index in [0.29, 0.717) is 0 Å². The number of benzene rings is 2. The highest BCUT2D eigenvalue weighted by atomic mass is 15.2. The maximum absolute atomic E-state index is 3.36. The van der Waals surface area contributed by atoms with Crippen molar-refractivity contribution in [2.45, 2.75) is 0 Å². The lowest BCUT2D eigenvalue weighted by atomic mass is 10.1. The van der Waals surface area contributed by atoms with Crippen molar-refractivity contribution in [3.63, 3.8) is 0 Å². The molecule has 1 fully saturated rings. The molecule has 0 unspecified atom stereocenters. The van der Waals surface area contributed by atoms with Gasteiger partial charge in [-0.3, -0.25) is 4.90 Å². The van der Waals surface area contributed by atoms with E-state index in [0.717, 1.165) is 38.3 Å². The SMILES string of the molecule is C(#Cc1cccc2ccccc12)CN1CCNCC1. The molecular weight excluding hydrogens is 232 g/mol. The van der Waals surface area contributed by atoms with Crippen LogP contribution in [-0.2, 0) is 0 Å². The molecule has 1 heterocycles. The van der Waals surface area contributed by atoms with Gasteiger partial charge in [0.15, 0.2) is 0 Å². The second kappa shape index (κ2) is 5.88. The number of hydrogen-bond acceptors (Lipinski definition) is 2. The van der Waals surface area contributed by atoms with Crippen LogP contribution in [-0.4, -0.2) is 37.6 Å². The molecule has 0 bridgehead atoms. The highest BCUT2D eigenvalue weighted by Gasteiger charge is 2.06. The Bertz CT molecular complexity index is 610. The predicted molar refractivity (Wildman–Crippen MR) is 80.1 cm³/mol. The van der Waals surface area contributed by atoms with Gasteiger partial charge in [0.1, 0.15) is 0 Å². The average molecular weight is 250 g/mol. The highest BCUT2D eigenvalue weighted by molar-refractivity contribution is 5.88. The number of fused-ring (bicyclic) bond motifs is 1. The predicted octanol–water partition coefficient (Wildman–Crippen LogP) is 2.10. The lowest BCUT2D eigenvalue weighted by Crippen LogP contribution is -2.43. The molecular formula is C17H18N2. The van der Waals surface area contributed by atoms with E-state index in [2.05, 4.69) is 64.5 Å². The molecule has 1 saturated heterocycles. The van der Waals surface area contributed by atoms with E-state index in [4.69, 9.17) is 0 Å². The molecule has 2 aromatic rings. The summed E-state index contributed by atoms with van der Waals surface area (Å²) in [6.07, 6.45) is 0. The molecule has 96 valence electrons. The first-order chi connectivity index (χ1) is 9.43. The lowest BCUT2D eigenvalue weighted by molar-refractivity contribution is 0.268. The molecule has 0 aromatic heterocycles. The summed E-state index contributed by atoms with van der Waals surface area (Å²) in [6, 6.07) is 14.7. The van der Waals surface area contributed by atoms with Crippen LogP contribution >= 0.6 is 0 Å². The number of piperazine rings is 1. The second-order valence-electron chi connectivity index (χ2n) is 4.85. The van der Waals surface area contributed by atoms with Crippen molar-refractivity contribution < 1.29 is 0 Å². The van der Waals surface area contributed by atoms with Crippen LogP contribution in [0, 0.1) is 11.8 Å². The summed E-state index contributed by atoms with van der Waals surface area (Å²) in [5.41, 5.74) is 1.13. The van der Waals surface area contributed by atoms with Crippen molar-refractivity contribution in [3.05, 3.63) is 48.0 Å². The Hall–Kier alpha value is -1.82. The number of hydrogen-bond donors (Lipinski definition) is 1. The zero-order chi connectivity index (χ0) is 12.9. The minimum atomic E-state index is 0.866. The normalized spacial score (nSPS) is 16.0. The fourth-order valence-corrected chi connectivity index (χ4v) is 2.45. The van der Waals surface area contributed by atoms with Crippen LogP contribution in [0.4, 0.5) is 0 Å². The third-order valence-electron chi connectivity index (χ3n) is 3.52. The molecule has 3 rings (SSSR count). The lowest BCUT2D eigenvalue weighted by Gasteiger charge is -2.24. The zero-order valence-corrected chi connectivity index (χ0v) is 11.0. The minimum absolute atomic E-state index is 0.866. The van der Waals surface area contributed by atoms with E-state index in [1.54, 1.807) is 0 Å². The summed E-state index contributed by atoms with van der Waals surface area (Å²) in [4.78, 5) is 2.40. The molecule has 0 spiro atoms. The van der Waals surface area contributed by atoms with Gasteiger partial charge in [-0.25, -0.2) is 0 Å². The van der Waals surface area contributed by atoms with Crippen molar-refractivity contribution in [2.24, 2.45) is 0 Å². The van der Waals surface area contributed by atoms with Gasteiger partial charge in [-0.15, -0.1) is 0 Å². The van der Waals surface area contributed by atoms with Gasteiger partial charge in [-0.2, -0.15) is 0 Å². The molecule has 0 radical (unpaired) electrons. The molecule has 0 saturated carbocycles. The van der Waals surface area contributed by atoms with Crippen LogP contribution < -0.4 is 5.32 Å². The fourth-order valence-electron chi connectivity index (χ4n) is 2.45. The van der Waals surface area contributed by atoms with Crippen molar-refractivity contribution in [2.75, 3.05) is 32.7 Å². The Balaban J connectivity index is 1.78. The zero-order valence-electron chi connectivity index (χ0n) is 11.0. The standard InChI is InChI=1S/C17H18N2/c1-2-9-17-15(5-1)6-3-7-16(17)8-4-12-19-13-10-18-11-14-19/h1-3,5-7,9,18H,10-14H2. The first-order valence-corrected chi connectivity index (χ1v) is 6.83. The third-order valence-corrected chi connectivity index (χ3v) is 3.52. The van der Waals surface area contributed by atoms with Crippen molar-refractivity contribution in [1.29, 1.82) is 0 Å². The quantitative estimate of drug-likeness (QED) is 0.780. The van der Waals surface area contributed by atoms with Gasteiger partial charge in [0.2, 0.25) is 0 Å². The number of nitrogens with one attached hydrogen (secondary N) is 1. The summed E-state index contributed by atoms with van der Waals surface area (Å²) >= 11 is 0. The monoisotopic (exact) mass is 250 g/mol. The summed E-state index contributed by atoms with van der Waals surface area (Å²) < 4.78 is 0. The van der Waals surface area contributed by atoms with Gasteiger partial charge < -0.3 is 5.32 Å². The largest absolute Gasteiger partial charge is 0.314 e. The Morgan fingerprint density at radius 1 is 1.00 bits per heavy atom. The molecule has 0 atom stereocenters. The van der Waals surface area contributed by atoms with Crippen LogP contribution in [0.3, 0.4) is 0 Å². The van der Waals surface area contributed by atoms with E-state index in [9.17, 15) is 0 Å². The molecule has 2 aromatic carbocycles. The maximum atomic E-state index is 3.36. The van der Waals surface area contributed by atoms with Crippen LogP contribution in [0.5, 0.6) is 0 Å². The fraction of sp³-hybridized carbons (Fsp3) is 0.294. The van der Waals surface area contributed by atoms with Crippen LogP contribution in [0.15, 0.2) is 42.5 Å². The molecule has 1 N–H and O–H groups in total. The van der Waals surface area contributed by atoms with Gasteiger partial charge in [0, 0.05) is 31.7 Å². The van der Waals surface area contributed by atoms with Gasteiger partial charge in [0.05, 0.1) is 6.54 Å². The van der Waals surface area contributed by atoms with Gasteiger partial charge >= 0.3 is 0 Å². The van der Waals surface area contributed by atoms with E-state index < -0.39 is 0 Å². The van der Waals surface area contributed by atoms with Crippen LogP contribution in [0.1, 0.15) is 5.56 Å². The van der Waals surface area contributed by atoms with Gasteiger partial charge in [-0.1, -0.05) is 48.2 Å². The molecule has 2 nitrogen and oxygen atoms in total. The molecule has 19 heavy (non-hydrogen) atoms. The van der Waals surface area contributed by atoms with Crippen molar-refractivity contribution in [3.8, 4) is 11.8 Å². The first-order valence-electron chi connectivity index (χ1n) is 6.83. The summed E-state index contributed by atoms with van der Waals surface area (Å²) in [5.74, 6) is 6.63. The highest BCUT2D eigenvalue weighted by Crippen LogP contribution is 2.17. The van der Waals surface area contributed by atoms with Crippen LogP contribution in [0.25, 0.3) is 10.8 Å². The van der Waals surface area contributed by atoms with Crippen molar-refractivity contribution in [1.82, 2.24) is 10.2 Å². The Morgan fingerprint density at radius 2 is 1.79 bits per heavy atom. The first kappa shape index (κ1) is 12.2. The van der Waals surface area contributed by atoms with E-state index in [1.807, 2.05) is 0 Å². The Morgan fingerprint density at radius 3 is 2.68 bits per heavy atom. The topological polar surface area (TPSA) is 15.3 Å². The third kappa shape index (κ3) is 2.96. The number of nitrogens with zero attached hydrogens (tertiary/aromatic N) is 1. The Kier molecular flexibility index (Phi) is 3.78. The van der Waals surface area contributed by atoms with E-state index in [1.165, 1.54) is 10.8 Å². The van der Waals surface area contributed by atoms with Gasteiger partial charge in [0.25, 0.3) is 0 Å². The minimum Gasteiger partial charge on any atom is -0.314 e. The second-order valence-corrected chi connectivity index (χ2v) is 4.85.